The fourth-order valence-electron chi connectivity index (χ4n) is 1.64. The van der Waals surface area contributed by atoms with Crippen molar-refractivity contribution in [1.82, 2.24) is 0 Å². The highest BCUT2D eigenvalue weighted by molar-refractivity contribution is 9.10. The minimum absolute atomic E-state index is 0.0298. The summed E-state index contributed by atoms with van der Waals surface area (Å²) in [5.41, 5.74) is 0.827. The summed E-state index contributed by atoms with van der Waals surface area (Å²) in [6, 6.07) is 7.97. The Morgan fingerprint density at radius 3 is 2.58 bits per heavy atom. The quantitative estimate of drug-likeness (QED) is 0.730. The van der Waals surface area contributed by atoms with E-state index < -0.39 is 11.6 Å². The van der Waals surface area contributed by atoms with E-state index >= 15 is 0 Å². The summed E-state index contributed by atoms with van der Waals surface area (Å²) in [6.07, 6.45) is 0.0298. The molecule has 0 aliphatic heterocycles. The molecule has 0 unspecified atom stereocenters. The maximum atomic E-state index is 13.1. The van der Waals surface area contributed by atoms with Crippen molar-refractivity contribution in [1.29, 1.82) is 0 Å². The maximum absolute atomic E-state index is 13.1. The molecule has 2 rings (SSSR count). The van der Waals surface area contributed by atoms with Gasteiger partial charge in [0, 0.05) is 16.5 Å². The first-order valence-corrected chi connectivity index (χ1v) is 6.56. The number of benzene rings is 2. The molecule has 0 atom stereocenters. The van der Waals surface area contributed by atoms with Crippen LogP contribution in [0.3, 0.4) is 0 Å². The molecule has 0 aliphatic carbocycles. The van der Waals surface area contributed by atoms with Gasteiger partial charge in [0.05, 0.1) is 5.02 Å². The first-order valence-electron chi connectivity index (χ1n) is 5.39. The van der Waals surface area contributed by atoms with E-state index in [0.29, 0.717) is 10.0 Å². The van der Waals surface area contributed by atoms with Gasteiger partial charge in [-0.1, -0.05) is 33.6 Å². The van der Waals surface area contributed by atoms with Gasteiger partial charge in [0.15, 0.2) is 5.78 Å². The van der Waals surface area contributed by atoms with Crippen LogP contribution in [0.5, 0.6) is 0 Å². The number of Topliss-reactive ketones (excluding diaryl/α,β-unsaturated/α-hetero) is 1. The summed E-state index contributed by atoms with van der Waals surface area (Å²) >= 11 is 8.84. The van der Waals surface area contributed by atoms with Crippen LogP contribution in [0.25, 0.3) is 0 Å². The van der Waals surface area contributed by atoms with Crippen molar-refractivity contribution in [2.45, 2.75) is 6.42 Å². The summed E-state index contributed by atoms with van der Waals surface area (Å²) in [6.45, 7) is 0. The van der Waals surface area contributed by atoms with Crippen molar-refractivity contribution >= 4 is 33.3 Å². The number of halogens is 4. The van der Waals surface area contributed by atoms with Crippen LogP contribution in [0.2, 0.25) is 5.02 Å². The Bertz CT molecular complexity index is 643. The van der Waals surface area contributed by atoms with Crippen molar-refractivity contribution in [2.75, 3.05) is 0 Å². The molecule has 0 saturated carbocycles. The van der Waals surface area contributed by atoms with Crippen LogP contribution >= 0.6 is 27.5 Å². The van der Waals surface area contributed by atoms with E-state index in [1.165, 1.54) is 30.3 Å². The Morgan fingerprint density at radius 1 is 1.16 bits per heavy atom. The number of hydrogen-bond donors (Lipinski definition) is 0. The molecule has 0 bridgehead atoms. The molecule has 0 fully saturated rings. The molecule has 0 N–H and O–H groups in total. The van der Waals surface area contributed by atoms with Gasteiger partial charge in [-0.3, -0.25) is 4.79 Å². The summed E-state index contributed by atoms with van der Waals surface area (Å²) in [5, 5.41) is -0.0383. The van der Waals surface area contributed by atoms with E-state index in [4.69, 9.17) is 11.6 Å². The lowest BCUT2D eigenvalue weighted by atomic mass is 10.0. The first-order chi connectivity index (χ1) is 8.97. The van der Waals surface area contributed by atoms with Crippen molar-refractivity contribution in [3.05, 3.63) is 68.7 Å². The molecule has 0 aromatic heterocycles. The number of hydrogen-bond acceptors (Lipinski definition) is 1. The molecule has 2 aromatic carbocycles. The molecule has 1 nitrogen and oxygen atoms in total. The second-order valence-electron chi connectivity index (χ2n) is 3.97. The van der Waals surface area contributed by atoms with Gasteiger partial charge < -0.3 is 0 Å². The second-order valence-corrected chi connectivity index (χ2v) is 5.23. The standard InChI is InChI=1S/C14H8BrClF2O/c15-11-3-2-9(17)7-10(11)14(19)6-8-1-4-13(18)12(16)5-8/h1-5,7H,6H2. The molecule has 0 saturated heterocycles. The Hall–Kier alpha value is -1.26. The third-order valence-corrected chi connectivity index (χ3v) is 3.56. The van der Waals surface area contributed by atoms with Crippen molar-refractivity contribution in [3.8, 4) is 0 Å². The molecule has 19 heavy (non-hydrogen) atoms. The van der Waals surface area contributed by atoms with Gasteiger partial charge in [0.2, 0.25) is 0 Å². The van der Waals surface area contributed by atoms with Crippen LogP contribution in [0.15, 0.2) is 40.9 Å². The van der Waals surface area contributed by atoms with Gasteiger partial charge >= 0.3 is 0 Å². The lowest BCUT2D eigenvalue weighted by Gasteiger charge is -2.05. The Kier molecular flexibility index (Phi) is 4.32. The molecule has 0 spiro atoms. The minimum Gasteiger partial charge on any atom is -0.294 e. The Labute approximate surface area is 122 Å². The number of carbonyl (C=O) groups is 1. The summed E-state index contributed by atoms with van der Waals surface area (Å²) in [5.74, 6) is -1.29. The van der Waals surface area contributed by atoms with E-state index in [2.05, 4.69) is 15.9 Å². The average molecular weight is 346 g/mol. The maximum Gasteiger partial charge on any atom is 0.168 e. The molecule has 0 aliphatic rings. The molecule has 0 amide bonds. The molecule has 5 heteroatoms. The van der Waals surface area contributed by atoms with Gasteiger partial charge in [0.1, 0.15) is 11.6 Å². The van der Waals surface area contributed by atoms with Crippen molar-refractivity contribution in [2.24, 2.45) is 0 Å². The third kappa shape index (κ3) is 3.39. The average Bonchev–Trinajstić information content (AvgIpc) is 2.36. The van der Waals surface area contributed by atoms with E-state index in [1.54, 1.807) is 0 Å². The van der Waals surface area contributed by atoms with E-state index in [1.807, 2.05) is 0 Å². The predicted octanol–water partition coefficient (Wildman–Crippen LogP) is 4.81. The van der Waals surface area contributed by atoms with Crippen LogP contribution in [-0.2, 0) is 6.42 Å². The monoisotopic (exact) mass is 344 g/mol. The fraction of sp³-hybridized carbons (Fsp3) is 0.0714. The molecule has 0 heterocycles. The lowest BCUT2D eigenvalue weighted by Crippen LogP contribution is -2.05. The summed E-state index contributed by atoms with van der Waals surface area (Å²) < 4.78 is 26.6. The van der Waals surface area contributed by atoms with Gasteiger partial charge in [-0.05, 0) is 35.9 Å². The van der Waals surface area contributed by atoms with Crippen LogP contribution in [-0.4, -0.2) is 5.78 Å². The Morgan fingerprint density at radius 2 is 1.89 bits per heavy atom. The minimum atomic E-state index is -0.537. The normalized spacial score (nSPS) is 10.5. The van der Waals surface area contributed by atoms with Crippen molar-refractivity contribution in [3.63, 3.8) is 0 Å². The molecule has 0 radical (unpaired) electrons. The van der Waals surface area contributed by atoms with E-state index in [9.17, 15) is 13.6 Å². The molecular formula is C14H8BrClF2O. The fourth-order valence-corrected chi connectivity index (χ4v) is 2.31. The van der Waals surface area contributed by atoms with Gasteiger partial charge in [-0.15, -0.1) is 0 Å². The largest absolute Gasteiger partial charge is 0.294 e. The topological polar surface area (TPSA) is 17.1 Å². The summed E-state index contributed by atoms with van der Waals surface area (Å²) in [7, 11) is 0. The van der Waals surface area contributed by atoms with Gasteiger partial charge in [-0.2, -0.15) is 0 Å². The number of rotatable bonds is 3. The number of ketones is 1. The molecule has 2 aromatic rings. The van der Waals surface area contributed by atoms with Crippen molar-refractivity contribution < 1.29 is 13.6 Å². The summed E-state index contributed by atoms with van der Waals surface area (Å²) in [4.78, 5) is 12.0. The van der Waals surface area contributed by atoms with E-state index in [-0.39, 0.29) is 22.8 Å². The lowest BCUT2D eigenvalue weighted by molar-refractivity contribution is 0.0992. The highest BCUT2D eigenvalue weighted by Crippen LogP contribution is 2.21. The Balaban J connectivity index is 2.25. The predicted molar refractivity (Wildman–Crippen MR) is 73.5 cm³/mol. The van der Waals surface area contributed by atoms with Crippen LogP contribution < -0.4 is 0 Å². The van der Waals surface area contributed by atoms with Crippen LogP contribution in [0.1, 0.15) is 15.9 Å². The van der Waals surface area contributed by atoms with Crippen LogP contribution in [0.4, 0.5) is 8.78 Å². The molecular weight excluding hydrogens is 338 g/mol. The smallest absolute Gasteiger partial charge is 0.168 e. The highest BCUT2D eigenvalue weighted by Gasteiger charge is 2.13. The third-order valence-electron chi connectivity index (χ3n) is 2.58. The zero-order chi connectivity index (χ0) is 14.0. The molecule has 98 valence electrons. The number of carbonyl (C=O) groups excluding carboxylic acids is 1. The highest BCUT2D eigenvalue weighted by atomic mass is 79.9. The van der Waals surface area contributed by atoms with Gasteiger partial charge in [-0.25, -0.2) is 8.78 Å². The first kappa shape index (κ1) is 14.2. The van der Waals surface area contributed by atoms with Crippen LogP contribution in [0, 0.1) is 11.6 Å². The second kappa shape index (κ2) is 5.80. The zero-order valence-corrected chi connectivity index (χ0v) is 11.9. The SMILES string of the molecule is O=C(Cc1ccc(F)c(Cl)c1)c1cc(F)ccc1Br. The van der Waals surface area contributed by atoms with Gasteiger partial charge in [0.25, 0.3) is 0 Å². The zero-order valence-electron chi connectivity index (χ0n) is 9.59. The van der Waals surface area contributed by atoms with E-state index in [0.717, 1.165) is 6.07 Å².